The van der Waals surface area contributed by atoms with E-state index in [0.29, 0.717) is 13.2 Å². The molecule has 0 fully saturated rings. The maximum Gasteiger partial charge on any atom is 0.0700 e. The Balaban J connectivity index is 1.86. The highest BCUT2D eigenvalue weighted by atomic mass is 16.5. The highest BCUT2D eigenvalue weighted by Crippen LogP contribution is 1.95. The van der Waals surface area contributed by atoms with Crippen LogP contribution >= 0.6 is 0 Å². The van der Waals surface area contributed by atoms with Gasteiger partial charge in [0.2, 0.25) is 0 Å². The minimum atomic E-state index is 0.679. The standard InChI is InChI=1S/C12H23N3O2/c1-15-12(5-7-14-15)11-13-6-3-4-8-17-10-9-16-2/h5,7,13H,3-4,6,8-11H2,1-2H3. The highest BCUT2D eigenvalue weighted by Gasteiger charge is 1.96. The summed E-state index contributed by atoms with van der Waals surface area (Å²) in [5.41, 5.74) is 1.21. The molecule has 1 heterocycles. The van der Waals surface area contributed by atoms with Crippen molar-refractivity contribution in [2.45, 2.75) is 19.4 Å². The van der Waals surface area contributed by atoms with E-state index in [9.17, 15) is 0 Å². The van der Waals surface area contributed by atoms with Crippen molar-refractivity contribution in [3.05, 3.63) is 18.0 Å². The van der Waals surface area contributed by atoms with Gasteiger partial charge in [-0.2, -0.15) is 5.10 Å². The molecule has 1 aromatic rings. The topological polar surface area (TPSA) is 48.3 Å². The molecule has 17 heavy (non-hydrogen) atoms. The minimum Gasteiger partial charge on any atom is -0.382 e. The third-order valence-corrected chi connectivity index (χ3v) is 2.55. The Labute approximate surface area is 103 Å². The second kappa shape index (κ2) is 9.15. The number of nitrogens with zero attached hydrogens (tertiary/aromatic N) is 2. The maximum atomic E-state index is 5.38. The molecule has 0 bridgehead atoms. The molecule has 1 aromatic heterocycles. The van der Waals surface area contributed by atoms with Gasteiger partial charge in [0.25, 0.3) is 0 Å². The summed E-state index contributed by atoms with van der Waals surface area (Å²) in [7, 11) is 3.65. The highest BCUT2D eigenvalue weighted by molar-refractivity contribution is 4.98. The van der Waals surface area contributed by atoms with Gasteiger partial charge in [-0.1, -0.05) is 0 Å². The van der Waals surface area contributed by atoms with Crippen molar-refractivity contribution in [3.63, 3.8) is 0 Å². The number of nitrogens with one attached hydrogen (secondary N) is 1. The zero-order valence-electron chi connectivity index (χ0n) is 10.8. The number of ether oxygens (including phenoxy) is 2. The van der Waals surface area contributed by atoms with Gasteiger partial charge < -0.3 is 14.8 Å². The second-order valence-electron chi connectivity index (χ2n) is 3.94. The van der Waals surface area contributed by atoms with Gasteiger partial charge in [0.15, 0.2) is 0 Å². The average Bonchev–Trinajstić information content (AvgIpc) is 2.73. The van der Waals surface area contributed by atoms with Gasteiger partial charge in [-0.3, -0.25) is 4.68 Å². The first-order valence-electron chi connectivity index (χ1n) is 6.09. The van der Waals surface area contributed by atoms with E-state index in [4.69, 9.17) is 9.47 Å². The summed E-state index contributed by atoms with van der Waals surface area (Å²) in [6.45, 7) is 4.08. The van der Waals surface area contributed by atoms with Crippen LogP contribution in [0, 0.1) is 0 Å². The Hall–Kier alpha value is -0.910. The third-order valence-electron chi connectivity index (χ3n) is 2.55. The van der Waals surface area contributed by atoms with E-state index < -0.39 is 0 Å². The molecule has 0 aliphatic heterocycles. The van der Waals surface area contributed by atoms with Gasteiger partial charge in [-0.25, -0.2) is 0 Å². The van der Waals surface area contributed by atoms with Gasteiger partial charge in [0.1, 0.15) is 0 Å². The molecular formula is C12H23N3O2. The van der Waals surface area contributed by atoms with E-state index >= 15 is 0 Å². The Bertz CT molecular complexity index is 289. The Morgan fingerprint density at radius 1 is 1.29 bits per heavy atom. The molecule has 0 aliphatic carbocycles. The summed E-state index contributed by atoms with van der Waals surface area (Å²) >= 11 is 0. The number of hydrogen-bond donors (Lipinski definition) is 1. The summed E-state index contributed by atoms with van der Waals surface area (Å²) in [5, 5.41) is 7.51. The van der Waals surface area contributed by atoms with Crippen molar-refractivity contribution < 1.29 is 9.47 Å². The van der Waals surface area contributed by atoms with Crippen LogP contribution in [-0.2, 0) is 23.1 Å². The summed E-state index contributed by atoms with van der Waals surface area (Å²) in [6.07, 6.45) is 4.04. The van der Waals surface area contributed by atoms with E-state index in [1.165, 1.54) is 5.69 Å². The van der Waals surface area contributed by atoms with E-state index in [1.54, 1.807) is 7.11 Å². The quantitative estimate of drug-likeness (QED) is 0.620. The summed E-state index contributed by atoms with van der Waals surface area (Å²) < 4.78 is 12.2. The number of unbranched alkanes of at least 4 members (excludes halogenated alkanes) is 1. The molecule has 0 amide bonds. The lowest BCUT2D eigenvalue weighted by molar-refractivity contribution is 0.0688. The van der Waals surface area contributed by atoms with Crippen molar-refractivity contribution in [3.8, 4) is 0 Å². The second-order valence-corrected chi connectivity index (χ2v) is 3.94. The summed E-state index contributed by atoms with van der Waals surface area (Å²) in [6, 6.07) is 2.03. The molecular weight excluding hydrogens is 218 g/mol. The van der Waals surface area contributed by atoms with E-state index in [1.807, 2.05) is 24.0 Å². The van der Waals surface area contributed by atoms with Crippen LogP contribution in [0.2, 0.25) is 0 Å². The number of hydrogen-bond acceptors (Lipinski definition) is 4. The molecule has 0 saturated heterocycles. The first-order valence-corrected chi connectivity index (χ1v) is 6.09. The van der Waals surface area contributed by atoms with E-state index in [2.05, 4.69) is 10.4 Å². The normalized spacial score (nSPS) is 10.9. The molecule has 0 spiro atoms. The van der Waals surface area contributed by atoms with Crippen LogP contribution in [0.1, 0.15) is 18.5 Å². The molecule has 0 unspecified atom stereocenters. The van der Waals surface area contributed by atoms with Crippen LogP contribution in [0.3, 0.4) is 0 Å². The van der Waals surface area contributed by atoms with Gasteiger partial charge in [0, 0.05) is 33.5 Å². The maximum absolute atomic E-state index is 5.38. The molecule has 0 saturated carbocycles. The summed E-state index contributed by atoms with van der Waals surface area (Å²) in [4.78, 5) is 0. The molecule has 1 N–H and O–H groups in total. The van der Waals surface area contributed by atoms with Crippen molar-refractivity contribution in [2.75, 3.05) is 33.5 Å². The minimum absolute atomic E-state index is 0.679. The van der Waals surface area contributed by atoms with Crippen LogP contribution in [0.25, 0.3) is 0 Å². The lowest BCUT2D eigenvalue weighted by atomic mass is 10.3. The molecule has 0 atom stereocenters. The Kier molecular flexibility index (Phi) is 7.62. The van der Waals surface area contributed by atoms with E-state index in [-0.39, 0.29) is 0 Å². The smallest absolute Gasteiger partial charge is 0.0700 e. The first kappa shape index (κ1) is 14.2. The van der Waals surface area contributed by atoms with Crippen molar-refractivity contribution in [2.24, 2.45) is 7.05 Å². The fourth-order valence-electron chi connectivity index (χ4n) is 1.49. The average molecular weight is 241 g/mol. The number of aromatic nitrogens is 2. The van der Waals surface area contributed by atoms with Crippen molar-refractivity contribution >= 4 is 0 Å². The number of methoxy groups -OCH3 is 1. The Morgan fingerprint density at radius 3 is 2.88 bits per heavy atom. The Morgan fingerprint density at radius 2 is 2.18 bits per heavy atom. The molecule has 5 nitrogen and oxygen atoms in total. The van der Waals surface area contributed by atoms with Crippen LogP contribution in [0.15, 0.2) is 12.3 Å². The van der Waals surface area contributed by atoms with Crippen LogP contribution in [0.4, 0.5) is 0 Å². The summed E-state index contributed by atoms with van der Waals surface area (Å²) in [5.74, 6) is 0. The first-order chi connectivity index (χ1) is 8.34. The van der Waals surface area contributed by atoms with Gasteiger partial charge in [-0.15, -0.1) is 0 Å². The zero-order valence-corrected chi connectivity index (χ0v) is 10.8. The fourth-order valence-corrected chi connectivity index (χ4v) is 1.49. The molecule has 98 valence electrons. The van der Waals surface area contributed by atoms with Crippen LogP contribution < -0.4 is 5.32 Å². The lowest BCUT2D eigenvalue weighted by Gasteiger charge is -2.06. The number of rotatable bonds is 10. The molecule has 1 rings (SSSR count). The van der Waals surface area contributed by atoms with Gasteiger partial charge in [0.05, 0.1) is 18.9 Å². The predicted octanol–water partition coefficient (Wildman–Crippen LogP) is 0.953. The third kappa shape index (κ3) is 6.41. The fraction of sp³-hybridized carbons (Fsp3) is 0.750. The molecule has 0 aromatic carbocycles. The SMILES string of the molecule is COCCOCCCCNCc1ccnn1C. The molecule has 5 heteroatoms. The van der Waals surface area contributed by atoms with Crippen molar-refractivity contribution in [1.29, 1.82) is 0 Å². The predicted molar refractivity (Wildman–Crippen MR) is 66.8 cm³/mol. The van der Waals surface area contributed by atoms with E-state index in [0.717, 1.165) is 32.5 Å². The van der Waals surface area contributed by atoms with Crippen molar-refractivity contribution in [1.82, 2.24) is 15.1 Å². The monoisotopic (exact) mass is 241 g/mol. The lowest BCUT2D eigenvalue weighted by Crippen LogP contribution is -2.17. The van der Waals surface area contributed by atoms with Crippen LogP contribution in [0.5, 0.6) is 0 Å². The molecule has 0 aliphatic rings. The number of aryl methyl sites for hydroxylation is 1. The zero-order chi connectivity index (χ0) is 12.3. The van der Waals surface area contributed by atoms with Gasteiger partial charge >= 0.3 is 0 Å². The largest absolute Gasteiger partial charge is 0.382 e. The molecule has 0 radical (unpaired) electrons. The van der Waals surface area contributed by atoms with Gasteiger partial charge in [-0.05, 0) is 25.5 Å². The van der Waals surface area contributed by atoms with Crippen LogP contribution in [-0.4, -0.2) is 43.3 Å².